The molecule has 232 valence electrons. The minimum Gasteiger partial charge on any atom is -0.463 e. The number of carbonyl (C=O) groups is 3. The first-order chi connectivity index (χ1) is 21.5. The van der Waals surface area contributed by atoms with Gasteiger partial charge in [-0.1, -0.05) is 103 Å². The molecule has 44 heavy (non-hydrogen) atoms. The molecule has 0 spiro atoms. The molecule has 3 unspecified atom stereocenters. The lowest BCUT2D eigenvalue weighted by atomic mass is 9.94. The zero-order valence-electron chi connectivity index (χ0n) is 25.1. The van der Waals surface area contributed by atoms with Gasteiger partial charge in [0.1, 0.15) is 6.61 Å². The number of allylic oxidation sites excluding steroid dienone is 2. The van der Waals surface area contributed by atoms with Crippen LogP contribution in [0.2, 0.25) is 0 Å². The number of rotatable bonds is 12. The number of benzene rings is 3. The number of hydrogen-bond acceptors (Lipinski definition) is 6. The zero-order valence-corrected chi connectivity index (χ0v) is 25.1. The summed E-state index contributed by atoms with van der Waals surface area (Å²) in [7, 11) is 0. The number of hydrogen-bond donors (Lipinski definition) is 2. The SMILES string of the molecule is O=C1NC(COCc2ccccc2)COC(=O)C(Cc2ccccc2)CC=CCC1CC(=O)N(CCO)Cc1ccccc1. The van der Waals surface area contributed by atoms with Crippen LogP contribution in [0.5, 0.6) is 0 Å². The molecular weight excluding hydrogens is 556 g/mol. The number of amides is 2. The fraction of sp³-hybridized carbons (Fsp3) is 0.361. The molecule has 1 heterocycles. The highest BCUT2D eigenvalue weighted by Crippen LogP contribution is 2.19. The van der Waals surface area contributed by atoms with Gasteiger partial charge in [-0.25, -0.2) is 0 Å². The van der Waals surface area contributed by atoms with E-state index in [0.717, 1.165) is 16.7 Å². The highest BCUT2D eigenvalue weighted by molar-refractivity contribution is 5.86. The minimum absolute atomic E-state index is 0.0200. The molecule has 0 saturated heterocycles. The summed E-state index contributed by atoms with van der Waals surface area (Å²) < 4.78 is 11.7. The van der Waals surface area contributed by atoms with Crippen LogP contribution in [-0.2, 0) is 43.4 Å². The Morgan fingerprint density at radius 3 is 2.07 bits per heavy atom. The zero-order chi connectivity index (χ0) is 31.0. The average Bonchev–Trinajstić information content (AvgIpc) is 3.04. The van der Waals surface area contributed by atoms with Crippen LogP contribution >= 0.6 is 0 Å². The number of aliphatic hydroxyl groups excluding tert-OH is 1. The number of esters is 1. The van der Waals surface area contributed by atoms with E-state index in [1.54, 1.807) is 4.90 Å². The lowest BCUT2D eigenvalue weighted by molar-refractivity contribution is -0.150. The molecule has 0 radical (unpaired) electrons. The maximum absolute atomic E-state index is 13.6. The quantitative estimate of drug-likeness (QED) is 0.236. The van der Waals surface area contributed by atoms with Gasteiger partial charge in [0.05, 0.1) is 37.7 Å². The Balaban J connectivity index is 1.49. The highest BCUT2D eigenvalue weighted by Gasteiger charge is 2.28. The van der Waals surface area contributed by atoms with Gasteiger partial charge in [0, 0.05) is 19.5 Å². The first-order valence-electron chi connectivity index (χ1n) is 15.2. The molecule has 0 bridgehead atoms. The van der Waals surface area contributed by atoms with Gasteiger partial charge in [-0.2, -0.15) is 0 Å². The predicted octanol–water partition coefficient (Wildman–Crippen LogP) is 4.47. The third-order valence-corrected chi connectivity index (χ3v) is 7.60. The molecule has 1 aliphatic heterocycles. The Bertz CT molecular complexity index is 1330. The van der Waals surface area contributed by atoms with E-state index in [-0.39, 0.29) is 56.5 Å². The lowest BCUT2D eigenvalue weighted by Crippen LogP contribution is -2.46. The van der Waals surface area contributed by atoms with Crippen molar-refractivity contribution in [2.45, 2.75) is 44.9 Å². The average molecular weight is 599 g/mol. The van der Waals surface area contributed by atoms with Gasteiger partial charge in [0.2, 0.25) is 11.8 Å². The summed E-state index contributed by atoms with van der Waals surface area (Å²) >= 11 is 0. The van der Waals surface area contributed by atoms with E-state index < -0.39 is 12.0 Å². The number of cyclic esters (lactones) is 1. The number of aliphatic hydroxyl groups is 1. The van der Waals surface area contributed by atoms with Crippen LogP contribution in [0.4, 0.5) is 0 Å². The third-order valence-electron chi connectivity index (χ3n) is 7.60. The standard InChI is InChI=1S/C36H42N2O6/c39-21-20-38(24-29-14-6-2-7-15-29)34(40)23-31-18-10-11-19-32(22-28-12-4-1-5-13-28)36(42)44-27-33(37-35(31)41)26-43-25-30-16-8-3-9-17-30/h1-17,31-33,39H,18-27H2,(H,37,41). The Morgan fingerprint density at radius 2 is 1.43 bits per heavy atom. The molecule has 0 fully saturated rings. The Labute approximate surface area is 259 Å². The first kappa shape index (κ1) is 32.6. The van der Waals surface area contributed by atoms with Gasteiger partial charge >= 0.3 is 5.97 Å². The van der Waals surface area contributed by atoms with Gasteiger partial charge in [0.15, 0.2) is 0 Å². The largest absolute Gasteiger partial charge is 0.463 e. The van der Waals surface area contributed by atoms with Gasteiger partial charge in [-0.05, 0) is 36.0 Å². The third kappa shape index (κ3) is 10.8. The van der Waals surface area contributed by atoms with Crippen LogP contribution in [0.1, 0.15) is 36.0 Å². The lowest BCUT2D eigenvalue weighted by Gasteiger charge is -2.26. The molecule has 2 N–H and O–H groups in total. The van der Waals surface area contributed by atoms with Crippen LogP contribution in [-0.4, -0.2) is 60.2 Å². The topological polar surface area (TPSA) is 105 Å². The van der Waals surface area contributed by atoms with E-state index in [4.69, 9.17) is 9.47 Å². The van der Waals surface area contributed by atoms with Crippen molar-refractivity contribution in [2.75, 3.05) is 26.4 Å². The predicted molar refractivity (Wildman–Crippen MR) is 168 cm³/mol. The van der Waals surface area contributed by atoms with Crippen molar-refractivity contribution >= 4 is 17.8 Å². The van der Waals surface area contributed by atoms with Crippen LogP contribution in [0, 0.1) is 11.8 Å². The molecule has 8 nitrogen and oxygen atoms in total. The molecule has 2 amide bonds. The van der Waals surface area contributed by atoms with Gasteiger partial charge in [-0.3, -0.25) is 14.4 Å². The number of carbonyl (C=O) groups excluding carboxylic acids is 3. The summed E-state index contributed by atoms with van der Waals surface area (Å²) in [5.41, 5.74) is 2.97. The van der Waals surface area contributed by atoms with E-state index in [0.29, 0.717) is 32.4 Å². The Hall–Kier alpha value is -4.27. The molecular formula is C36H42N2O6. The van der Waals surface area contributed by atoms with Crippen molar-refractivity contribution < 1.29 is 29.0 Å². The van der Waals surface area contributed by atoms with Crippen molar-refractivity contribution in [3.8, 4) is 0 Å². The summed E-state index contributed by atoms with van der Waals surface area (Å²) in [5.74, 6) is -1.88. The summed E-state index contributed by atoms with van der Waals surface area (Å²) in [6.45, 7) is 0.781. The number of nitrogens with zero attached hydrogens (tertiary/aromatic N) is 1. The summed E-state index contributed by atoms with van der Waals surface area (Å²) in [6.07, 6.45) is 5.07. The van der Waals surface area contributed by atoms with E-state index in [1.165, 1.54) is 0 Å². The van der Waals surface area contributed by atoms with Gasteiger partial charge in [-0.15, -0.1) is 0 Å². The molecule has 0 saturated carbocycles. The molecule has 0 aliphatic carbocycles. The molecule has 3 aromatic carbocycles. The second kappa shape index (κ2) is 17.8. The smallest absolute Gasteiger partial charge is 0.309 e. The Morgan fingerprint density at radius 1 is 0.841 bits per heavy atom. The number of ether oxygens (including phenoxy) is 2. The van der Waals surface area contributed by atoms with Crippen LogP contribution in [0.15, 0.2) is 103 Å². The maximum Gasteiger partial charge on any atom is 0.309 e. The van der Waals surface area contributed by atoms with Crippen molar-refractivity contribution in [3.05, 3.63) is 120 Å². The van der Waals surface area contributed by atoms with Crippen LogP contribution in [0.25, 0.3) is 0 Å². The fourth-order valence-electron chi connectivity index (χ4n) is 5.17. The van der Waals surface area contributed by atoms with E-state index in [9.17, 15) is 19.5 Å². The van der Waals surface area contributed by atoms with Gasteiger partial charge in [0.25, 0.3) is 0 Å². The van der Waals surface area contributed by atoms with Gasteiger partial charge < -0.3 is 24.8 Å². The van der Waals surface area contributed by atoms with Crippen molar-refractivity contribution in [1.29, 1.82) is 0 Å². The molecule has 4 rings (SSSR count). The molecule has 3 aromatic rings. The van der Waals surface area contributed by atoms with Crippen molar-refractivity contribution in [2.24, 2.45) is 11.8 Å². The summed E-state index contributed by atoms with van der Waals surface area (Å²) in [6, 6.07) is 28.5. The first-order valence-corrected chi connectivity index (χ1v) is 15.2. The van der Waals surface area contributed by atoms with Crippen molar-refractivity contribution in [3.63, 3.8) is 0 Å². The highest BCUT2D eigenvalue weighted by atomic mass is 16.5. The summed E-state index contributed by atoms with van der Waals surface area (Å²) in [5, 5.41) is 12.6. The van der Waals surface area contributed by atoms with E-state index in [1.807, 2.05) is 103 Å². The second-order valence-corrected chi connectivity index (χ2v) is 11.1. The van der Waals surface area contributed by atoms with E-state index >= 15 is 0 Å². The molecule has 0 aromatic heterocycles. The van der Waals surface area contributed by atoms with E-state index in [2.05, 4.69) is 5.32 Å². The maximum atomic E-state index is 13.6. The van der Waals surface area contributed by atoms with Crippen LogP contribution in [0.3, 0.4) is 0 Å². The second-order valence-electron chi connectivity index (χ2n) is 11.1. The molecule has 8 heteroatoms. The van der Waals surface area contributed by atoms with Crippen molar-refractivity contribution in [1.82, 2.24) is 10.2 Å². The number of nitrogens with one attached hydrogen (secondary N) is 1. The molecule has 3 atom stereocenters. The normalized spacial score (nSPS) is 19.2. The molecule has 1 aliphatic rings. The Kier molecular flexibility index (Phi) is 13.2. The summed E-state index contributed by atoms with van der Waals surface area (Å²) in [4.78, 5) is 41.8. The fourth-order valence-corrected chi connectivity index (χ4v) is 5.17. The minimum atomic E-state index is -0.643. The van der Waals surface area contributed by atoms with Crippen LogP contribution < -0.4 is 5.32 Å². The monoisotopic (exact) mass is 598 g/mol.